The standard InChI is InChI=1S/C19H15ClN4O4/c1-28-18(26)13-4-8-15(9-5-13)22-17(25)11-24-19(27)23-16(10-21-24)12-2-6-14(20)7-3-12/h2-10H,11H2,1H3,(H,22,25). The van der Waals surface area contributed by atoms with Gasteiger partial charge in [0.25, 0.3) is 0 Å². The molecule has 8 nitrogen and oxygen atoms in total. The van der Waals surface area contributed by atoms with Crippen molar-refractivity contribution < 1.29 is 14.3 Å². The fraction of sp³-hybridized carbons (Fsp3) is 0.105. The molecular formula is C19H15ClN4O4. The Morgan fingerprint density at radius 3 is 2.39 bits per heavy atom. The molecule has 0 radical (unpaired) electrons. The molecule has 2 aromatic carbocycles. The fourth-order valence-corrected chi connectivity index (χ4v) is 2.50. The number of carbonyl (C=O) groups excluding carboxylic acids is 2. The molecular weight excluding hydrogens is 384 g/mol. The first kappa shape index (κ1) is 19.2. The lowest BCUT2D eigenvalue weighted by atomic mass is 10.2. The molecule has 0 unspecified atom stereocenters. The van der Waals surface area contributed by atoms with Crippen molar-refractivity contribution in [1.29, 1.82) is 0 Å². The summed E-state index contributed by atoms with van der Waals surface area (Å²) in [5, 5.41) is 7.19. The highest BCUT2D eigenvalue weighted by molar-refractivity contribution is 6.30. The quantitative estimate of drug-likeness (QED) is 0.662. The molecule has 0 aliphatic rings. The molecule has 1 N–H and O–H groups in total. The molecule has 0 spiro atoms. The number of anilines is 1. The Hall–Kier alpha value is -3.52. The normalized spacial score (nSPS) is 10.4. The average molecular weight is 399 g/mol. The van der Waals surface area contributed by atoms with Crippen LogP contribution in [0.15, 0.2) is 59.5 Å². The zero-order chi connectivity index (χ0) is 20.1. The molecule has 0 aliphatic heterocycles. The van der Waals surface area contributed by atoms with Crippen molar-refractivity contribution >= 4 is 29.2 Å². The minimum Gasteiger partial charge on any atom is -0.465 e. The van der Waals surface area contributed by atoms with E-state index in [0.717, 1.165) is 4.68 Å². The van der Waals surface area contributed by atoms with Crippen LogP contribution in [0.4, 0.5) is 5.69 Å². The van der Waals surface area contributed by atoms with Gasteiger partial charge in [-0.2, -0.15) is 10.1 Å². The molecule has 0 aliphatic carbocycles. The summed E-state index contributed by atoms with van der Waals surface area (Å²) in [7, 11) is 1.29. The monoisotopic (exact) mass is 398 g/mol. The second-order valence-electron chi connectivity index (χ2n) is 5.71. The summed E-state index contributed by atoms with van der Waals surface area (Å²) in [5.41, 5.74) is 1.26. The van der Waals surface area contributed by atoms with Crippen molar-refractivity contribution in [3.05, 3.63) is 75.8 Å². The maximum Gasteiger partial charge on any atom is 0.365 e. The average Bonchev–Trinajstić information content (AvgIpc) is 2.70. The Bertz CT molecular complexity index is 1060. The van der Waals surface area contributed by atoms with E-state index < -0.39 is 17.6 Å². The number of ether oxygens (including phenoxy) is 1. The van der Waals surface area contributed by atoms with Crippen LogP contribution < -0.4 is 11.0 Å². The molecule has 28 heavy (non-hydrogen) atoms. The molecule has 0 saturated carbocycles. The summed E-state index contributed by atoms with van der Waals surface area (Å²) in [6, 6.07) is 13.0. The van der Waals surface area contributed by atoms with Crippen LogP contribution in [0.3, 0.4) is 0 Å². The second kappa shape index (κ2) is 8.45. The van der Waals surface area contributed by atoms with Crippen molar-refractivity contribution in [2.45, 2.75) is 6.54 Å². The number of nitrogens with one attached hydrogen (secondary N) is 1. The molecule has 9 heteroatoms. The van der Waals surface area contributed by atoms with Crippen molar-refractivity contribution in [3.63, 3.8) is 0 Å². The first-order chi connectivity index (χ1) is 13.5. The highest BCUT2D eigenvalue weighted by Crippen LogP contribution is 2.17. The number of halogens is 1. The number of methoxy groups -OCH3 is 1. The lowest BCUT2D eigenvalue weighted by Gasteiger charge is -2.07. The maximum absolute atomic E-state index is 12.2. The lowest BCUT2D eigenvalue weighted by molar-refractivity contribution is -0.117. The van der Waals surface area contributed by atoms with Crippen LogP contribution in [0.25, 0.3) is 11.3 Å². The van der Waals surface area contributed by atoms with Gasteiger partial charge in [-0.25, -0.2) is 14.3 Å². The zero-order valence-electron chi connectivity index (χ0n) is 14.8. The summed E-state index contributed by atoms with van der Waals surface area (Å²) < 4.78 is 5.57. The SMILES string of the molecule is COC(=O)c1ccc(NC(=O)Cn2ncc(-c3ccc(Cl)cc3)nc2=O)cc1. The molecule has 1 aromatic heterocycles. The second-order valence-corrected chi connectivity index (χ2v) is 6.14. The zero-order valence-corrected chi connectivity index (χ0v) is 15.5. The molecule has 0 saturated heterocycles. The van der Waals surface area contributed by atoms with Gasteiger partial charge >= 0.3 is 11.7 Å². The summed E-state index contributed by atoms with van der Waals surface area (Å²) in [4.78, 5) is 39.7. The highest BCUT2D eigenvalue weighted by atomic mass is 35.5. The van der Waals surface area contributed by atoms with Gasteiger partial charge in [0.05, 0.1) is 24.6 Å². The molecule has 0 bridgehead atoms. The first-order valence-corrected chi connectivity index (χ1v) is 8.52. The van der Waals surface area contributed by atoms with Crippen LogP contribution in [0.1, 0.15) is 10.4 Å². The molecule has 142 valence electrons. The van der Waals surface area contributed by atoms with Gasteiger partial charge in [-0.05, 0) is 36.4 Å². The molecule has 0 fully saturated rings. The number of carbonyl (C=O) groups is 2. The summed E-state index contributed by atoms with van der Waals surface area (Å²) in [6.45, 7) is -0.300. The Labute approximate surface area is 164 Å². The molecule has 0 atom stereocenters. The molecule has 3 rings (SSSR count). The van der Waals surface area contributed by atoms with Gasteiger partial charge in [0.2, 0.25) is 5.91 Å². The predicted molar refractivity (Wildman–Crippen MR) is 103 cm³/mol. The van der Waals surface area contributed by atoms with Crippen LogP contribution in [0.2, 0.25) is 5.02 Å². The van der Waals surface area contributed by atoms with Crippen LogP contribution in [-0.4, -0.2) is 33.8 Å². The van der Waals surface area contributed by atoms with Crippen LogP contribution >= 0.6 is 11.6 Å². The number of benzene rings is 2. The summed E-state index contributed by atoms with van der Waals surface area (Å²) in [5.74, 6) is -0.929. The van der Waals surface area contributed by atoms with E-state index in [2.05, 4.69) is 20.1 Å². The maximum atomic E-state index is 12.2. The van der Waals surface area contributed by atoms with Crippen molar-refractivity contribution in [3.8, 4) is 11.3 Å². The Morgan fingerprint density at radius 2 is 1.79 bits per heavy atom. The minimum absolute atomic E-state index is 0.300. The van der Waals surface area contributed by atoms with E-state index in [1.54, 1.807) is 36.4 Å². The van der Waals surface area contributed by atoms with Gasteiger partial charge in [0.15, 0.2) is 0 Å². The number of esters is 1. The topological polar surface area (TPSA) is 103 Å². The van der Waals surface area contributed by atoms with Gasteiger partial charge < -0.3 is 10.1 Å². The number of rotatable bonds is 5. The van der Waals surface area contributed by atoms with Gasteiger partial charge in [-0.3, -0.25) is 4.79 Å². The third-order valence-electron chi connectivity index (χ3n) is 3.78. The number of amides is 1. The fourth-order valence-electron chi connectivity index (χ4n) is 2.38. The number of hydrogen-bond acceptors (Lipinski definition) is 6. The number of hydrogen-bond donors (Lipinski definition) is 1. The van der Waals surface area contributed by atoms with Gasteiger partial charge in [0, 0.05) is 16.3 Å². The lowest BCUT2D eigenvalue weighted by Crippen LogP contribution is -2.31. The van der Waals surface area contributed by atoms with E-state index in [4.69, 9.17) is 11.6 Å². The molecule has 1 amide bonds. The smallest absolute Gasteiger partial charge is 0.365 e. The van der Waals surface area contributed by atoms with Crippen LogP contribution in [0.5, 0.6) is 0 Å². The third kappa shape index (κ3) is 4.60. The minimum atomic E-state index is -0.649. The van der Waals surface area contributed by atoms with Gasteiger partial charge in [0.1, 0.15) is 6.54 Å². The summed E-state index contributed by atoms with van der Waals surface area (Å²) in [6.07, 6.45) is 1.41. The van der Waals surface area contributed by atoms with E-state index in [-0.39, 0.29) is 6.54 Å². The van der Waals surface area contributed by atoms with Crippen molar-refractivity contribution in [1.82, 2.24) is 14.8 Å². The van der Waals surface area contributed by atoms with E-state index in [0.29, 0.717) is 27.5 Å². The Balaban J connectivity index is 1.68. The van der Waals surface area contributed by atoms with E-state index >= 15 is 0 Å². The van der Waals surface area contributed by atoms with E-state index in [1.165, 1.54) is 25.4 Å². The predicted octanol–water partition coefficient (Wildman–Crippen LogP) is 2.38. The number of aromatic nitrogens is 3. The van der Waals surface area contributed by atoms with E-state index in [1.807, 2.05) is 0 Å². The highest BCUT2D eigenvalue weighted by Gasteiger charge is 2.10. The first-order valence-electron chi connectivity index (χ1n) is 8.14. The van der Waals surface area contributed by atoms with Crippen LogP contribution in [0, 0.1) is 0 Å². The van der Waals surface area contributed by atoms with Crippen molar-refractivity contribution in [2.75, 3.05) is 12.4 Å². The molecule has 3 aromatic rings. The van der Waals surface area contributed by atoms with Gasteiger partial charge in [-0.1, -0.05) is 23.7 Å². The van der Waals surface area contributed by atoms with Crippen LogP contribution in [-0.2, 0) is 16.1 Å². The van der Waals surface area contributed by atoms with Gasteiger partial charge in [-0.15, -0.1) is 0 Å². The van der Waals surface area contributed by atoms with E-state index in [9.17, 15) is 14.4 Å². The molecule has 1 heterocycles. The Kier molecular flexibility index (Phi) is 5.81. The van der Waals surface area contributed by atoms with Crippen molar-refractivity contribution in [2.24, 2.45) is 0 Å². The Morgan fingerprint density at radius 1 is 1.11 bits per heavy atom. The third-order valence-corrected chi connectivity index (χ3v) is 4.03. The largest absolute Gasteiger partial charge is 0.465 e. The number of nitrogens with zero attached hydrogens (tertiary/aromatic N) is 3. The summed E-state index contributed by atoms with van der Waals surface area (Å²) >= 11 is 5.84.